The van der Waals surface area contributed by atoms with Gasteiger partial charge < -0.3 is 24.8 Å². The predicted octanol–water partition coefficient (Wildman–Crippen LogP) is 4.72. The van der Waals surface area contributed by atoms with Crippen molar-refractivity contribution in [2.45, 2.75) is 64.3 Å². The molecule has 1 amide bonds. The van der Waals surface area contributed by atoms with Gasteiger partial charge in [0.15, 0.2) is 17.3 Å². The number of benzene rings is 2. The van der Waals surface area contributed by atoms with E-state index in [-0.39, 0.29) is 17.7 Å². The number of amides is 1. The molecule has 0 spiro atoms. The van der Waals surface area contributed by atoms with Gasteiger partial charge in [-0.2, -0.15) is 0 Å². The Morgan fingerprint density at radius 2 is 1.69 bits per heavy atom. The van der Waals surface area contributed by atoms with E-state index in [4.69, 9.17) is 14.2 Å². The lowest BCUT2D eigenvalue weighted by molar-refractivity contribution is -0.121. The number of unbranched alkanes of at least 4 members (excludes halogenated alkanes) is 3. The quantitative estimate of drug-likeness (QED) is 0.258. The van der Waals surface area contributed by atoms with Crippen LogP contribution in [0.5, 0.6) is 17.2 Å². The Labute approximate surface area is 214 Å². The molecule has 0 aliphatic carbocycles. The molecular formula is C29H40N2O5. The normalized spacial score (nSPS) is 13.2. The van der Waals surface area contributed by atoms with Crippen LogP contribution in [0.3, 0.4) is 0 Å². The number of hydrogen-bond acceptors (Lipinski definition) is 6. The number of carbonyl (C=O) groups is 2. The standard InChI is InChI=1S/C29H40N2O5/c1-3-4-16-30-21-24(19-22-10-15-27-28(20-22)36-18-17-35-27)31-29(33)9-7-5-6-8-26(32)23-11-13-25(34-2)14-12-23/h10-15,20,24,30H,3-9,16-19,21H2,1-2H3,(H,31,33)/t24-/m0/s1. The van der Waals surface area contributed by atoms with Crippen LogP contribution in [0.25, 0.3) is 0 Å². The first-order chi connectivity index (χ1) is 17.6. The highest BCUT2D eigenvalue weighted by molar-refractivity contribution is 5.96. The molecule has 0 unspecified atom stereocenters. The van der Waals surface area contributed by atoms with Crippen LogP contribution in [-0.4, -0.2) is 51.1 Å². The van der Waals surface area contributed by atoms with Crippen molar-refractivity contribution in [2.24, 2.45) is 0 Å². The number of ether oxygens (including phenoxy) is 3. The maximum Gasteiger partial charge on any atom is 0.220 e. The second kappa shape index (κ2) is 15.1. The van der Waals surface area contributed by atoms with Gasteiger partial charge in [-0.3, -0.25) is 9.59 Å². The van der Waals surface area contributed by atoms with Crippen LogP contribution in [0.2, 0.25) is 0 Å². The average Bonchev–Trinajstić information content (AvgIpc) is 2.90. The summed E-state index contributed by atoms with van der Waals surface area (Å²) in [6, 6.07) is 13.2. The number of rotatable bonds is 16. The Morgan fingerprint density at radius 1 is 0.944 bits per heavy atom. The van der Waals surface area contributed by atoms with Crippen LogP contribution in [0.1, 0.15) is 67.8 Å². The highest BCUT2D eigenvalue weighted by Gasteiger charge is 2.16. The molecule has 0 saturated heterocycles. The molecule has 36 heavy (non-hydrogen) atoms. The van der Waals surface area contributed by atoms with Crippen LogP contribution in [0, 0.1) is 0 Å². The van der Waals surface area contributed by atoms with E-state index in [1.54, 1.807) is 31.4 Å². The predicted molar refractivity (Wildman–Crippen MR) is 141 cm³/mol. The third kappa shape index (κ3) is 9.19. The molecule has 3 rings (SSSR count). The summed E-state index contributed by atoms with van der Waals surface area (Å²) in [7, 11) is 1.61. The number of ketones is 1. The van der Waals surface area contributed by atoms with E-state index in [1.807, 2.05) is 18.2 Å². The molecule has 7 nitrogen and oxygen atoms in total. The minimum absolute atomic E-state index is 0.00596. The molecule has 0 aromatic heterocycles. The van der Waals surface area contributed by atoms with Gasteiger partial charge in [0.25, 0.3) is 0 Å². The monoisotopic (exact) mass is 496 g/mol. The fraction of sp³-hybridized carbons (Fsp3) is 0.517. The lowest BCUT2D eigenvalue weighted by Crippen LogP contribution is -2.43. The lowest BCUT2D eigenvalue weighted by atomic mass is 10.0. The van der Waals surface area contributed by atoms with Crippen molar-refractivity contribution in [3.8, 4) is 17.2 Å². The Morgan fingerprint density at radius 3 is 2.44 bits per heavy atom. The van der Waals surface area contributed by atoms with E-state index < -0.39 is 0 Å². The number of methoxy groups -OCH3 is 1. The maximum atomic E-state index is 12.7. The fourth-order valence-electron chi connectivity index (χ4n) is 4.22. The maximum absolute atomic E-state index is 12.7. The number of fused-ring (bicyclic) bond motifs is 1. The zero-order valence-electron chi connectivity index (χ0n) is 21.6. The van der Waals surface area contributed by atoms with Gasteiger partial charge in [-0.05, 0) is 74.2 Å². The lowest BCUT2D eigenvalue weighted by Gasteiger charge is -2.22. The van der Waals surface area contributed by atoms with E-state index in [9.17, 15) is 9.59 Å². The van der Waals surface area contributed by atoms with Crippen molar-refractivity contribution in [3.63, 3.8) is 0 Å². The van der Waals surface area contributed by atoms with E-state index in [1.165, 1.54) is 0 Å². The van der Waals surface area contributed by atoms with E-state index in [0.717, 1.165) is 74.4 Å². The highest BCUT2D eigenvalue weighted by Crippen LogP contribution is 2.31. The molecule has 196 valence electrons. The zero-order chi connectivity index (χ0) is 25.6. The Hall–Kier alpha value is -3.06. The largest absolute Gasteiger partial charge is 0.497 e. The summed E-state index contributed by atoms with van der Waals surface area (Å²) in [5.74, 6) is 2.46. The van der Waals surface area contributed by atoms with Crippen LogP contribution >= 0.6 is 0 Å². The molecule has 2 aromatic carbocycles. The van der Waals surface area contributed by atoms with Crippen LogP contribution in [0.15, 0.2) is 42.5 Å². The van der Waals surface area contributed by atoms with E-state index in [0.29, 0.717) is 31.6 Å². The summed E-state index contributed by atoms with van der Waals surface area (Å²) >= 11 is 0. The Kier molecular flexibility index (Phi) is 11.6. The van der Waals surface area contributed by atoms with Crippen LogP contribution < -0.4 is 24.8 Å². The summed E-state index contributed by atoms with van der Waals surface area (Å²) in [6.45, 7) is 4.95. The summed E-state index contributed by atoms with van der Waals surface area (Å²) in [5, 5.41) is 6.68. The molecule has 7 heteroatoms. The smallest absolute Gasteiger partial charge is 0.220 e. The van der Waals surface area contributed by atoms with Crippen molar-refractivity contribution in [2.75, 3.05) is 33.4 Å². The molecule has 1 aliphatic heterocycles. The minimum Gasteiger partial charge on any atom is -0.497 e. The minimum atomic E-state index is -0.00596. The second-order valence-corrected chi connectivity index (χ2v) is 9.22. The van der Waals surface area contributed by atoms with Gasteiger partial charge >= 0.3 is 0 Å². The second-order valence-electron chi connectivity index (χ2n) is 9.22. The van der Waals surface area contributed by atoms with Gasteiger partial charge in [0, 0.05) is 31.0 Å². The summed E-state index contributed by atoms with van der Waals surface area (Å²) in [6.07, 6.45) is 6.30. The molecule has 0 saturated carbocycles. The van der Waals surface area contributed by atoms with Crippen LogP contribution in [0.4, 0.5) is 0 Å². The van der Waals surface area contributed by atoms with Gasteiger partial charge in [0.05, 0.1) is 7.11 Å². The zero-order valence-corrected chi connectivity index (χ0v) is 21.6. The van der Waals surface area contributed by atoms with Crippen molar-refractivity contribution in [3.05, 3.63) is 53.6 Å². The first-order valence-electron chi connectivity index (χ1n) is 13.1. The van der Waals surface area contributed by atoms with Gasteiger partial charge in [-0.1, -0.05) is 25.8 Å². The molecular weight excluding hydrogens is 456 g/mol. The number of Topliss-reactive ketones (excluding diaryl/α,β-unsaturated/α-hetero) is 1. The third-order valence-corrected chi connectivity index (χ3v) is 6.27. The highest BCUT2D eigenvalue weighted by atomic mass is 16.6. The van der Waals surface area contributed by atoms with Crippen molar-refractivity contribution in [1.82, 2.24) is 10.6 Å². The molecule has 0 fully saturated rings. The van der Waals surface area contributed by atoms with E-state index in [2.05, 4.69) is 17.6 Å². The van der Waals surface area contributed by atoms with Crippen molar-refractivity contribution < 1.29 is 23.8 Å². The molecule has 1 heterocycles. The molecule has 2 N–H and O–H groups in total. The van der Waals surface area contributed by atoms with Crippen LogP contribution in [-0.2, 0) is 11.2 Å². The molecule has 0 radical (unpaired) electrons. The molecule has 2 aromatic rings. The van der Waals surface area contributed by atoms with Crippen molar-refractivity contribution in [1.29, 1.82) is 0 Å². The topological polar surface area (TPSA) is 85.9 Å². The number of hydrogen-bond donors (Lipinski definition) is 2. The number of carbonyl (C=O) groups excluding carboxylic acids is 2. The SMILES string of the molecule is CCCCNC[C@H](Cc1ccc2c(c1)OCCO2)NC(=O)CCCCCC(=O)c1ccc(OC)cc1. The summed E-state index contributed by atoms with van der Waals surface area (Å²) in [4.78, 5) is 25.0. The summed E-state index contributed by atoms with van der Waals surface area (Å²) in [5.41, 5.74) is 1.81. The average molecular weight is 497 g/mol. The van der Waals surface area contributed by atoms with Crippen molar-refractivity contribution >= 4 is 11.7 Å². The van der Waals surface area contributed by atoms with E-state index >= 15 is 0 Å². The first-order valence-corrected chi connectivity index (χ1v) is 13.1. The number of nitrogens with one attached hydrogen (secondary N) is 2. The third-order valence-electron chi connectivity index (χ3n) is 6.27. The Balaban J connectivity index is 1.41. The molecule has 1 atom stereocenters. The molecule has 0 bridgehead atoms. The summed E-state index contributed by atoms with van der Waals surface area (Å²) < 4.78 is 16.5. The van der Waals surface area contributed by atoms with Gasteiger partial charge in [0.2, 0.25) is 5.91 Å². The fourth-order valence-corrected chi connectivity index (χ4v) is 4.22. The van der Waals surface area contributed by atoms with Gasteiger partial charge in [-0.25, -0.2) is 0 Å². The molecule has 1 aliphatic rings. The Bertz CT molecular complexity index is 961. The van der Waals surface area contributed by atoms with Gasteiger partial charge in [0.1, 0.15) is 19.0 Å². The first kappa shape index (κ1) is 27.5. The van der Waals surface area contributed by atoms with Gasteiger partial charge in [-0.15, -0.1) is 0 Å².